The van der Waals surface area contributed by atoms with Crippen molar-refractivity contribution in [2.45, 2.75) is 37.8 Å². The Hall–Kier alpha value is -2.95. The van der Waals surface area contributed by atoms with Crippen LogP contribution in [0.25, 0.3) is 0 Å². The molecule has 0 saturated carbocycles. The summed E-state index contributed by atoms with van der Waals surface area (Å²) in [6.45, 7) is 0. The minimum atomic E-state index is -0.445. The third kappa shape index (κ3) is 2.29. The molecule has 2 amide bonds. The molecule has 0 unspecified atom stereocenters. The van der Waals surface area contributed by atoms with Gasteiger partial charge in [0.2, 0.25) is 11.7 Å². The van der Waals surface area contributed by atoms with E-state index >= 15 is 0 Å². The average Bonchev–Trinajstić information content (AvgIpc) is 3.03. The van der Waals surface area contributed by atoms with E-state index in [-0.39, 0.29) is 29.7 Å². The Kier molecular flexibility index (Phi) is 3.41. The Labute approximate surface area is 137 Å². The van der Waals surface area contributed by atoms with Crippen LogP contribution in [0.5, 0.6) is 0 Å². The zero-order valence-corrected chi connectivity index (χ0v) is 12.7. The topological polar surface area (TPSA) is 95.1 Å². The fourth-order valence-corrected chi connectivity index (χ4v) is 3.68. The van der Waals surface area contributed by atoms with Gasteiger partial charge in [-0.1, -0.05) is 5.16 Å². The molecule has 122 valence electrons. The summed E-state index contributed by atoms with van der Waals surface area (Å²) >= 11 is 0. The number of pyridine rings is 1. The van der Waals surface area contributed by atoms with Crippen LogP contribution in [0, 0.1) is 17.3 Å². The summed E-state index contributed by atoms with van der Waals surface area (Å²) in [4.78, 5) is 18.2. The lowest BCUT2D eigenvalue weighted by Gasteiger charge is -2.46. The second kappa shape index (κ2) is 5.60. The van der Waals surface area contributed by atoms with Gasteiger partial charge in [0.1, 0.15) is 6.07 Å². The van der Waals surface area contributed by atoms with Crippen LogP contribution in [0.4, 0.5) is 15.0 Å². The Morgan fingerprint density at radius 3 is 3.17 bits per heavy atom. The number of hydrogen-bond donors (Lipinski definition) is 1. The molecule has 2 bridgehead atoms. The molecule has 0 aromatic carbocycles. The van der Waals surface area contributed by atoms with Gasteiger partial charge < -0.3 is 9.42 Å². The van der Waals surface area contributed by atoms with Gasteiger partial charge in [-0.15, -0.1) is 0 Å². The van der Waals surface area contributed by atoms with Crippen LogP contribution in [0.15, 0.2) is 22.9 Å². The molecule has 0 spiro atoms. The highest BCUT2D eigenvalue weighted by atomic mass is 19.1. The van der Waals surface area contributed by atoms with Crippen molar-refractivity contribution >= 4 is 11.8 Å². The van der Waals surface area contributed by atoms with E-state index in [2.05, 4.69) is 15.5 Å². The molecule has 0 aliphatic carbocycles. The molecule has 1 fully saturated rings. The predicted octanol–water partition coefficient (Wildman–Crippen LogP) is 2.76. The highest BCUT2D eigenvalue weighted by molar-refractivity contribution is 5.89. The first-order valence-electron chi connectivity index (χ1n) is 7.77. The quantitative estimate of drug-likeness (QED) is 0.813. The predicted molar refractivity (Wildman–Crippen MR) is 80.4 cm³/mol. The zero-order valence-electron chi connectivity index (χ0n) is 12.7. The molecule has 2 aromatic heterocycles. The second-order valence-corrected chi connectivity index (χ2v) is 6.00. The summed E-state index contributed by atoms with van der Waals surface area (Å²) in [5.74, 6) is -0.219. The number of amides is 2. The number of fused-ring (bicyclic) bond motifs is 4. The van der Waals surface area contributed by atoms with Crippen molar-refractivity contribution in [1.82, 2.24) is 15.0 Å². The molecule has 8 heteroatoms. The molecular formula is C16H14FN5O2. The van der Waals surface area contributed by atoms with Crippen molar-refractivity contribution < 1.29 is 13.7 Å². The second-order valence-electron chi connectivity index (χ2n) is 6.00. The lowest BCUT2D eigenvalue weighted by Crippen LogP contribution is -2.51. The maximum Gasteiger partial charge on any atom is 0.323 e. The number of anilines is 1. The van der Waals surface area contributed by atoms with Gasteiger partial charge in [-0.3, -0.25) is 5.32 Å². The average molecular weight is 327 g/mol. The van der Waals surface area contributed by atoms with E-state index in [1.807, 2.05) is 6.07 Å². The van der Waals surface area contributed by atoms with Crippen LogP contribution in [0.1, 0.15) is 42.2 Å². The summed E-state index contributed by atoms with van der Waals surface area (Å²) in [7, 11) is 0. The van der Waals surface area contributed by atoms with Crippen molar-refractivity contribution in [2.75, 3.05) is 5.32 Å². The molecular weight excluding hydrogens is 313 g/mol. The van der Waals surface area contributed by atoms with Crippen LogP contribution in [-0.2, 0) is 6.42 Å². The third-order valence-electron chi connectivity index (χ3n) is 4.67. The molecule has 2 aliphatic heterocycles. The third-order valence-corrected chi connectivity index (χ3v) is 4.67. The van der Waals surface area contributed by atoms with Crippen molar-refractivity contribution in [1.29, 1.82) is 5.26 Å². The molecule has 4 heterocycles. The van der Waals surface area contributed by atoms with Gasteiger partial charge in [-0.2, -0.15) is 9.65 Å². The number of hydrogen-bond acceptors (Lipinski definition) is 5. The Balaban J connectivity index is 1.63. The zero-order chi connectivity index (χ0) is 16.7. The number of rotatable bonds is 1. The number of nitriles is 1. The Morgan fingerprint density at radius 1 is 1.50 bits per heavy atom. The van der Waals surface area contributed by atoms with Crippen molar-refractivity contribution in [3.63, 3.8) is 0 Å². The summed E-state index contributed by atoms with van der Waals surface area (Å²) in [5.41, 5.74) is 1.44. The van der Waals surface area contributed by atoms with Crippen molar-refractivity contribution in [3.8, 4) is 6.07 Å². The minimum Gasteiger partial charge on any atom is -0.343 e. The molecule has 1 saturated heterocycles. The molecule has 0 radical (unpaired) electrons. The molecule has 2 aromatic rings. The minimum absolute atomic E-state index is 0.0302. The molecule has 2 atom stereocenters. The highest BCUT2D eigenvalue weighted by Gasteiger charge is 2.41. The van der Waals surface area contributed by atoms with Crippen LogP contribution in [-0.4, -0.2) is 27.1 Å². The van der Waals surface area contributed by atoms with Gasteiger partial charge in [-0.05, 0) is 37.3 Å². The first kappa shape index (κ1) is 14.6. The smallest absolute Gasteiger partial charge is 0.323 e. The van der Waals surface area contributed by atoms with Crippen molar-refractivity contribution in [2.24, 2.45) is 0 Å². The van der Waals surface area contributed by atoms with E-state index in [0.29, 0.717) is 12.0 Å². The lowest BCUT2D eigenvalue weighted by atomic mass is 9.81. The number of nitrogens with zero attached hydrogens (tertiary/aromatic N) is 4. The van der Waals surface area contributed by atoms with Gasteiger partial charge in [-0.25, -0.2) is 9.78 Å². The van der Waals surface area contributed by atoms with Gasteiger partial charge in [0.05, 0.1) is 6.04 Å². The first-order valence-corrected chi connectivity index (χ1v) is 7.77. The first-order chi connectivity index (χ1) is 11.7. The van der Waals surface area contributed by atoms with Crippen LogP contribution >= 0.6 is 0 Å². The maximum atomic E-state index is 14.0. The van der Waals surface area contributed by atoms with Gasteiger partial charge in [0.15, 0.2) is 5.82 Å². The normalized spacial score (nSPS) is 21.8. The Bertz CT molecular complexity index is 843. The van der Waals surface area contributed by atoms with Crippen LogP contribution in [0.2, 0.25) is 0 Å². The summed E-state index contributed by atoms with van der Waals surface area (Å²) < 4.78 is 18.8. The number of carbonyl (C=O) groups is 1. The summed E-state index contributed by atoms with van der Waals surface area (Å²) in [5, 5.41) is 15.1. The van der Waals surface area contributed by atoms with Gasteiger partial charge in [0.25, 0.3) is 0 Å². The van der Waals surface area contributed by atoms with E-state index in [1.165, 1.54) is 12.3 Å². The van der Waals surface area contributed by atoms with Gasteiger partial charge in [0, 0.05) is 23.9 Å². The van der Waals surface area contributed by atoms with Crippen LogP contribution in [0.3, 0.4) is 0 Å². The molecule has 1 N–H and O–H groups in total. The fourth-order valence-electron chi connectivity index (χ4n) is 3.68. The van der Waals surface area contributed by atoms with Crippen molar-refractivity contribution in [3.05, 3.63) is 41.2 Å². The number of piperidine rings is 1. The van der Waals surface area contributed by atoms with E-state index in [4.69, 9.17) is 9.78 Å². The molecule has 2 aliphatic rings. The Morgan fingerprint density at radius 2 is 2.38 bits per heavy atom. The van der Waals surface area contributed by atoms with Gasteiger partial charge >= 0.3 is 6.03 Å². The summed E-state index contributed by atoms with van der Waals surface area (Å²) in [6, 6.07) is 4.41. The SMILES string of the molecule is N#Cc1cc(NC(=O)N2[C@H]3CCC[C@@H]2c2ccnc(F)c2C3)no1. The number of urea groups is 1. The fraction of sp³-hybridized carbons (Fsp3) is 0.375. The highest BCUT2D eigenvalue weighted by Crippen LogP contribution is 2.42. The number of halogens is 1. The monoisotopic (exact) mass is 327 g/mol. The number of aromatic nitrogens is 2. The summed E-state index contributed by atoms with van der Waals surface area (Å²) in [6.07, 6.45) is 4.49. The van der Waals surface area contributed by atoms with Crippen LogP contribution < -0.4 is 5.32 Å². The molecule has 4 rings (SSSR count). The van der Waals surface area contributed by atoms with E-state index in [1.54, 1.807) is 11.0 Å². The van der Waals surface area contributed by atoms with E-state index < -0.39 is 5.95 Å². The standard InChI is InChI=1S/C16H14FN5O2/c17-15-12-6-9-2-1-3-13(11(12)4-5-19-15)22(9)16(23)20-14-7-10(8-18)24-21-14/h4-5,7,9,13H,1-3,6H2,(H,20,21,23)/t9-,13+/m0/s1. The molecule has 24 heavy (non-hydrogen) atoms. The van der Waals surface area contributed by atoms with E-state index in [0.717, 1.165) is 24.8 Å². The van der Waals surface area contributed by atoms with E-state index in [9.17, 15) is 9.18 Å². The number of nitrogens with one attached hydrogen (secondary N) is 1. The number of carbonyl (C=O) groups excluding carboxylic acids is 1. The lowest BCUT2D eigenvalue weighted by molar-refractivity contribution is 0.104. The maximum absolute atomic E-state index is 14.0. The largest absolute Gasteiger partial charge is 0.343 e. The molecule has 7 nitrogen and oxygen atoms in total.